The van der Waals surface area contributed by atoms with Crippen molar-refractivity contribution in [2.24, 2.45) is 0 Å². The van der Waals surface area contributed by atoms with Crippen LogP contribution in [0.4, 0.5) is 5.69 Å². The molecule has 1 heterocycles. The van der Waals surface area contributed by atoms with Crippen LogP contribution in [-0.2, 0) is 16.6 Å². The second kappa shape index (κ2) is 8.04. The topological polar surface area (TPSA) is 40.6 Å². The highest BCUT2D eigenvalue weighted by molar-refractivity contribution is 7.83. The number of hydrogen-bond acceptors (Lipinski definition) is 3. The van der Waals surface area contributed by atoms with Gasteiger partial charge in [0, 0.05) is 60.2 Å². The van der Waals surface area contributed by atoms with Crippen molar-refractivity contribution < 1.29 is 9.00 Å². The van der Waals surface area contributed by atoms with Crippen LogP contribution in [0.5, 0.6) is 0 Å². The second-order valence-corrected chi connectivity index (χ2v) is 8.35. The molecule has 0 saturated carbocycles. The van der Waals surface area contributed by atoms with Crippen LogP contribution < -0.4 is 4.90 Å². The molecule has 138 valence electrons. The summed E-state index contributed by atoms with van der Waals surface area (Å²) < 4.78 is 11.4. The number of benzene rings is 2. The lowest BCUT2D eigenvalue weighted by Crippen LogP contribution is -2.49. The third-order valence-electron chi connectivity index (χ3n) is 5.03. The van der Waals surface area contributed by atoms with Crippen LogP contribution in [0.1, 0.15) is 27.0 Å². The van der Waals surface area contributed by atoms with E-state index in [4.69, 9.17) is 0 Å². The summed E-state index contributed by atoms with van der Waals surface area (Å²) in [5.74, 6) is 0.552. The third-order valence-corrected chi connectivity index (χ3v) is 5.77. The van der Waals surface area contributed by atoms with Gasteiger partial charge in [0.15, 0.2) is 0 Å². The Balaban J connectivity index is 1.67. The number of aryl methyl sites for hydroxylation is 1. The molecule has 1 amide bonds. The van der Waals surface area contributed by atoms with Crippen LogP contribution in [0.2, 0.25) is 0 Å². The van der Waals surface area contributed by atoms with Crippen molar-refractivity contribution in [3.8, 4) is 0 Å². The largest absolute Gasteiger partial charge is 0.368 e. The Hall–Kier alpha value is -2.14. The van der Waals surface area contributed by atoms with E-state index in [1.54, 1.807) is 6.26 Å². The van der Waals surface area contributed by atoms with Gasteiger partial charge in [0.2, 0.25) is 0 Å². The van der Waals surface area contributed by atoms with E-state index in [0.29, 0.717) is 11.3 Å². The van der Waals surface area contributed by atoms with Gasteiger partial charge in [-0.25, -0.2) is 0 Å². The molecule has 1 fully saturated rings. The number of carbonyl (C=O) groups excluding carboxylic acids is 1. The molecule has 1 saturated heterocycles. The number of carbonyl (C=O) groups is 1. The van der Waals surface area contributed by atoms with Gasteiger partial charge in [0.05, 0.1) is 0 Å². The summed E-state index contributed by atoms with van der Waals surface area (Å²) in [6, 6.07) is 13.9. The van der Waals surface area contributed by atoms with E-state index in [1.165, 1.54) is 16.8 Å². The first kappa shape index (κ1) is 18.6. The third kappa shape index (κ3) is 4.15. The maximum atomic E-state index is 12.8. The molecule has 0 N–H and O–H groups in total. The standard InChI is InChI=1S/C21H26N2O2S/c1-16-6-4-9-20(17(16)2)22-10-12-23(13-11-22)21(24)19-8-5-7-18(14-19)15-26(3)25/h4-9,14H,10-13,15H2,1-3H3/t26-/m1/s1. The van der Waals surface area contributed by atoms with Gasteiger partial charge in [0.1, 0.15) is 0 Å². The average molecular weight is 371 g/mol. The van der Waals surface area contributed by atoms with Crippen LogP contribution in [0.25, 0.3) is 0 Å². The zero-order chi connectivity index (χ0) is 18.7. The first-order chi connectivity index (χ1) is 12.5. The van der Waals surface area contributed by atoms with Gasteiger partial charge < -0.3 is 9.80 Å². The smallest absolute Gasteiger partial charge is 0.253 e. The molecule has 0 aliphatic carbocycles. The van der Waals surface area contributed by atoms with Crippen LogP contribution in [0, 0.1) is 13.8 Å². The molecule has 0 spiro atoms. The predicted molar refractivity (Wildman–Crippen MR) is 108 cm³/mol. The van der Waals surface area contributed by atoms with Crippen molar-refractivity contribution in [3.63, 3.8) is 0 Å². The molecule has 0 bridgehead atoms. The van der Waals surface area contributed by atoms with Crippen molar-refractivity contribution in [2.75, 3.05) is 37.3 Å². The molecule has 4 nitrogen and oxygen atoms in total. The molecule has 0 aromatic heterocycles. The molecule has 2 aromatic carbocycles. The highest BCUT2D eigenvalue weighted by atomic mass is 32.2. The van der Waals surface area contributed by atoms with Crippen molar-refractivity contribution in [3.05, 3.63) is 64.7 Å². The minimum atomic E-state index is -0.905. The van der Waals surface area contributed by atoms with Gasteiger partial charge in [-0.15, -0.1) is 0 Å². The summed E-state index contributed by atoms with van der Waals surface area (Å²) in [6.45, 7) is 7.41. The molecule has 26 heavy (non-hydrogen) atoms. The zero-order valence-electron chi connectivity index (χ0n) is 15.7. The second-order valence-electron chi connectivity index (χ2n) is 6.92. The molecule has 5 heteroatoms. The normalized spacial score (nSPS) is 15.8. The summed E-state index contributed by atoms with van der Waals surface area (Å²) in [5.41, 5.74) is 5.52. The van der Waals surface area contributed by atoms with Gasteiger partial charge in [-0.3, -0.25) is 9.00 Å². The van der Waals surface area contributed by atoms with E-state index in [1.807, 2.05) is 29.2 Å². The number of hydrogen-bond donors (Lipinski definition) is 0. The van der Waals surface area contributed by atoms with Crippen molar-refractivity contribution in [1.82, 2.24) is 4.90 Å². The maximum Gasteiger partial charge on any atom is 0.253 e. The summed E-state index contributed by atoms with van der Waals surface area (Å²) in [5, 5.41) is 0. The minimum Gasteiger partial charge on any atom is -0.368 e. The molecule has 0 unspecified atom stereocenters. The fourth-order valence-corrected chi connectivity index (χ4v) is 4.09. The Morgan fingerprint density at radius 1 is 1.04 bits per heavy atom. The average Bonchev–Trinajstić information content (AvgIpc) is 2.63. The fraction of sp³-hybridized carbons (Fsp3) is 0.381. The zero-order valence-corrected chi connectivity index (χ0v) is 16.5. The summed E-state index contributed by atoms with van der Waals surface area (Å²) >= 11 is 0. The van der Waals surface area contributed by atoms with Crippen LogP contribution >= 0.6 is 0 Å². The maximum absolute atomic E-state index is 12.8. The highest BCUT2D eigenvalue weighted by Crippen LogP contribution is 2.24. The molecular formula is C21H26N2O2S. The first-order valence-electron chi connectivity index (χ1n) is 8.95. The molecule has 2 aromatic rings. The molecular weight excluding hydrogens is 344 g/mol. The van der Waals surface area contributed by atoms with E-state index in [2.05, 4.69) is 36.9 Å². The lowest BCUT2D eigenvalue weighted by atomic mass is 10.1. The van der Waals surface area contributed by atoms with Crippen molar-refractivity contribution in [1.29, 1.82) is 0 Å². The van der Waals surface area contributed by atoms with Gasteiger partial charge >= 0.3 is 0 Å². The van der Waals surface area contributed by atoms with E-state index < -0.39 is 10.8 Å². The Labute approximate surface area is 158 Å². The van der Waals surface area contributed by atoms with Crippen molar-refractivity contribution >= 4 is 22.4 Å². The number of anilines is 1. The van der Waals surface area contributed by atoms with Gasteiger partial charge in [-0.05, 0) is 48.7 Å². The van der Waals surface area contributed by atoms with E-state index in [9.17, 15) is 9.00 Å². The number of nitrogens with zero attached hydrogens (tertiary/aromatic N) is 2. The molecule has 3 rings (SSSR count). The summed E-state index contributed by atoms with van der Waals surface area (Å²) in [6.07, 6.45) is 1.68. The van der Waals surface area contributed by atoms with Gasteiger partial charge in [-0.1, -0.05) is 24.3 Å². The Morgan fingerprint density at radius 2 is 1.73 bits per heavy atom. The van der Waals surface area contributed by atoms with Crippen LogP contribution in [0.3, 0.4) is 0 Å². The first-order valence-corrected chi connectivity index (χ1v) is 10.7. The SMILES string of the molecule is Cc1cccc(N2CCN(C(=O)c3cccc(C[S@@](C)=O)c3)CC2)c1C. The molecule has 0 radical (unpaired) electrons. The Morgan fingerprint density at radius 3 is 2.42 bits per heavy atom. The minimum absolute atomic E-state index is 0.0642. The quantitative estimate of drug-likeness (QED) is 0.830. The van der Waals surface area contributed by atoms with Gasteiger partial charge in [-0.2, -0.15) is 0 Å². The number of rotatable bonds is 4. The predicted octanol–water partition coefficient (Wildman–Crippen LogP) is 3.14. The van der Waals surface area contributed by atoms with Crippen LogP contribution in [0.15, 0.2) is 42.5 Å². The lowest BCUT2D eigenvalue weighted by Gasteiger charge is -2.37. The number of amides is 1. The number of piperazine rings is 1. The van der Waals surface area contributed by atoms with E-state index in [0.717, 1.165) is 31.7 Å². The molecule has 1 aliphatic rings. The lowest BCUT2D eigenvalue weighted by molar-refractivity contribution is 0.0746. The summed E-state index contributed by atoms with van der Waals surface area (Å²) in [7, 11) is -0.905. The Kier molecular flexibility index (Phi) is 5.77. The Bertz CT molecular complexity index is 827. The molecule has 1 aliphatic heterocycles. The molecule has 1 atom stereocenters. The van der Waals surface area contributed by atoms with Gasteiger partial charge in [0.25, 0.3) is 5.91 Å². The van der Waals surface area contributed by atoms with E-state index >= 15 is 0 Å². The fourth-order valence-electron chi connectivity index (χ4n) is 3.44. The monoisotopic (exact) mass is 370 g/mol. The summed E-state index contributed by atoms with van der Waals surface area (Å²) in [4.78, 5) is 17.1. The van der Waals surface area contributed by atoms with Crippen LogP contribution in [-0.4, -0.2) is 47.5 Å². The highest BCUT2D eigenvalue weighted by Gasteiger charge is 2.23. The van der Waals surface area contributed by atoms with Crippen molar-refractivity contribution in [2.45, 2.75) is 19.6 Å². The van der Waals surface area contributed by atoms with E-state index in [-0.39, 0.29) is 5.91 Å².